The average Bonchev–Trinajstić information content (AvgIpc) is 1.85. The molecule has 0 aromatic heterocycles. The Labute approximate surface area is 74.1 Å². The second-order valence-corrected chi connectivity index (χ2v) is 3.32. The molecule has 0 aliphatic heterocycles. The third-order valence-electron chi connectivity index (χ3n) is 1.42. The number of rotatable bonds is 1. The van der Waals surface area contributed by atoms with Gasteiger partial charge in [0.25, 0.3) is 0 Å². The van der Waals surface area contributed by atoms with E-state index in [1.165, 1.54) is 18.2 Å². The van der Waals surface area contributed by atoms with E-state index in [0.29, 0.717) is 11.3 Å². The number of hydrogen-bond donors (Lipinski definition) is 1. The van der Waals surface area contributed by atoms with Crippen molar-refractivity contribution in [1.82, 2.24) is 0 Å². The summed E-state index contributed by atoms with van der Waals surface area (Å²) in [4.78, 5) is 10.3. The highest BCUT2D eigenvalue weighted by Crippen LogP contribution is 2.30. The summed E-state index contributed by atoms with van der Waals surface area (Å²) in [5.74, 6) is -0.716. The molecule has 2 nitrogen and oxygen atoms in total. The molecule has 60 valence electrons. The highest BCUT2D eigenvalue weighted by Gasteiger charge is 2.32. The first-order chi connectivity index (χ1) is 5.06. The maximum Gasteiger partial charge on any atom is 0.172 e. The molecule has 2 unspecified atom stereocenters. The van der Waals surface area contributed by atoms with Crippen LogP contribution in [0, 0.1) is 5.92 Å². The van der Waals surface area contributed by atoms with Crippen LogP contribution in [0.1, 0.15) is 0 Å². The Hall–Kier alpha value is -0.310. The molecule has 1 aliphatic rings. The molecule has 0 spiro atoms. The van der Waals surface area contributed by atoms with E-state index in [2.05, 4.69) is 0 Å². The van der Waals surface area contributed by atoms with Gasteiger partial charge in [-0.05, 0) is 12.2 Å². The minimum absolute atomic E-state index is 0.334. The Morgan fingerprint density at radius 1 is 1.73 bits per heavy atom. The average molecular weight is 193 g/mol. The molecule has 1 N–H and O–H groups in total. The fourth-order valence-corrected chi connectivity index (χ4v) is 1.35. The van der Waals surface area contributed by atoms with E-state index >= 15 is 0 Å². The summed E-state index contributed by atoms with van der Waals surface area (Å²) in [6.07, 6.45) is 4.79. The van der Waals surface area contributed by atoms with Gasteiger partial charge in [-0.2, -0.15) is 0 Å². The predicted octanol–water partition coefficient (Wildman–Crippen LogP) is 1.42. The molecule has 4 heteroatoms. The number of carbonyl (C=O) groups excluding carboxylic acids is 1. The third kappa shape index (κ3) is 1.83. The van der Waals surface area contributed by atoms with Crippen LogP contribution in [0.3, 0.4) is 0 Å². The van der Waals surface area contributed by atoms with Gasteiger partial charge in [0.1, 0.15) is 6.29 Å². The molecule has 0 aromatic rings. The largest absolute Gasteiger partial charge is 0.370 e. The van der Waals surface area contributed by atoms with Crippen LogP contribution in [-0.4, -0.2) is 16.5 Å². The quantitative estimate of drug-likeness (QED) is 0.505. The second-order valence-electron chi connectivity index (χ2n) is 2.28. The van der Waals surface area contributed by atoms with Gasteiger partial charge in [0.2, 0.25) is 0 Å². The number of hydrogen-bond acceptors (Lipinski definition) is 2. The number of aldehydes is 1. The highest BCUT2D eigenvalue weighted by molar-refractivity contribution is 6.33. The minimum atomic E-state index is -1.66. The summed E-state index contributed by atoms with van der Waals surface area (Å²) in [6, 6.07) is 0. The molecule has 1 rings (SSSR count). The maximum absolute atomic E-state index is 10.3. The Morgan fingerprint density at radius 3 is 2.82 bits per heavy atom. The van der Waals surface area contributed by atoms with Crippen molar-refractivity contribution >= 4 is 29.5 Å². The first-order valence-corrected chi connectivity index (χ1v) is 3.75. The summed E-state index contributed by atoms with van der Waals surface area (Å²) >= 11 is 11.1. The van der Waals surface area contributed by atoms with E-state index in [1.807, 2.05) is 0 Å². The van der Waals surface area contributed by atoms with Crippen LogP contribution < -0.4 is 0 Å². The summed E-state index contributed by atoms with van der Waals surface area (Å²) in [6.45, 7) is 0. The molecule has 0 radical (unpaired) electrons. The lowest BCUT2D eigenvalue weighted by Crippen LogP contribution is -2.31. The fraction of sp³-hybridized carbons (Fsp3) is 0.286. The van der Waals surface area contributed by atoms with Gasteiger partial charge < -0.3 is 9.90 Å². The molecule has 2 atom stereocenters. The van der Waals surface area contributed by atoms with Crippen LogP contribution in [0.25, 0.3) is 0 Å². The standard InChI is InChI=1S/C7H6Cl2O2/c8-6-2-1-5(4-10)7(9,11)3-6/h1-5,11H. The van der Waals surface area contributed by atoms with E-state index in [9.17, 15) is 9.90 Å². The Morgan fingerprint density at radius 2 is 2.36 bits per heavy atom. The number of carbonyl (C=O) groups is 1. The smallest absolute Gasteiger partial charge is 0.172 e. The van der Waals surface area contributed by atoms with E-state index < -0.39 is 11.0 Å². The molecule has 0 fully saturated rings. The van der Waals surface area contributed by atoms with Crippen LogP contribution in [-0.2, 0) is 4.79 Å². The van der Waals surface area contributed by atoms with E-state index in [4.69, 9.17) is 23.2 Å². The van der Waals surface area contributed by atoms with Crippen LogP contribution >= 0.6 is 23.2 Å². The summed E-state index contributed by atoms with van der Waals surface area (Å²) in [5.41, 5.74) is 0. The van der Waals surface area contributed by atoms with E-state index in [-0.39, 0.29) is 0 Å². The zero-order valence-corrected chi connectivity index (χ0v) is 7.01. The molecule has 0 bridgehead atoms. The third-order valence-corrected chi connectivity index (χ3v) is 2.01. The van der Waals surface area contributed by atoms with Crippen molar-refractivity contribution in [2.24, 2.45) is 5.92 Å². The van der Waals surface area contributed by atoms with Crippen LogP contribution in [0.2, 0.25) is 0 Å². The van der Waals surface area contributed by atoms with Crippen molar-refractivity contribution in [2.75, 3.05) is 0 Å². The van der Waals surface area contributed by atoms with Gasteiger partial charge >= 0.3 is 0 Å². The molecule has 11 heavy (non-hydrogen) atoms. The zero-order valence-electron chi connectivity index (χ0n) is 5.50. The molecule has 0 saturated heterocycles. The van der Waals surface area contributed by atoms with Crippen molar-refractivity contribution < 1.29 is 9.90 Å². The SMILES string of the molecule is O=CC1C=CC(Cl)=CC1(O)Cl. The molecule has 1 aliphatic carbocycles. The van der Waals surface area contributed by atoms with Gasteiger partial charge in [-0.15, -0.1) is 0 Å². The lowest BCUT2D eigenvalue weighted by atomic mass is 9.99. The summed E-state index contributed by atoms with van der Waals surface area (Å²) in [7, 11) is 0. The molecule has 0 saturated carbocycles. The van der Waals surface area contributed by atoms with E-state index in [0.717, 1.165) is 0 Å². The first-order valence-electron chi connectivity index (χ1n) is 2.99. The van der Waals surface area contributed by atoms with Crippen molar-refractivity contribution in [2.45, 2.75) is 5.06 Å². The van der Waals surface area contributed by atoms with Crippen molar-refractivity contribution in [3.8, 4) is 0 Å². The van der Waals surface area contributed by atoms with Crippen LogP contribution in [0.4, 0.5) is 0 Å². The second kappa shape index (κ2) is 2.97. The number of alkyl halides is 1. The van der Waals surface area contributed by atoms with Crippen molar-refractivity contribution in [3.63, 3.8) is 0 Å². The van der Waals surface area contributed by atoms with Gasteiger partial charge in [0, 0.05) is 5.03 Å². The number of halogens is 2. The molecule has 0 amide bonds. The van der Waals surface area contributed by atoms with Gasteiger partial charge in [0.05, 0.1) is 5.92 Å². The maximum atomic E-state index is 10.3. The Kier molecular flexibility index (Phi) is 2.37. The van der Waals surface area contributed by atoms with Crippen LogP contribution in [0.5, 0.6) is 0 Å². The molecular weight excluding hydrogens is 187 g/mol. The summed E-state index contributed by atoms with van der Waals surface area (Å²) < 4.78 is 0. The number of allylic oxidation sites excluding steroid dienone is 2. The van der Waals surface area contributed by atoms with Crippen molar-refractivity contribution in [3.05, 3.63) is 23.3 Å². The zero-order chi connectivity index (χ0) is 8.48. The number of aliphatic hydroxyl groups is 1. The fourth-order valence-electron chi connectivity index (χ4n) is 0.809. The molecular formula is C7H6Cl2O2. The monoisotopic (exact) mass is 192 g/mol. The Bertz CT molecular complexity index is 231. The lowest BCUT2D eigenvalue weighted by Gasteiger charge is -2.23. The normalized spacial score (nSPS) is 36.6. The van der Waals surface area contributed by atoms with Crippen molar-refractivity contribution in [1.29, 1.82) is 0 Å². The van der Waals surface area contributed by atoms with Crippen LogP contribution in [0.15, 0.2) is 23.3 Å². The van der Waals surface area contributed by atoms with Gasteiger partial charge in [-0.25, -0.2) is 0 Å². The molecule has 0 aromatic carbocycles. The van der Waals surface area contributed by atoms with Gasteiger partial charge in [-0.1, -0.05) is 29.3 Å². The summed E-state index contributed by atoms with van der Waals surface area (Å²) in [5, 5.41) is 8.00. The topological polar surface area (TPSA) is 37.3 Å². The Balaban J connectivity index is 2.92. The highest BCUT2D eigenvalue weighted by atomic mass is 35.5. The molecule has 0 heterocycles. The van der Waals surface area contributed by atoms with E-state index in [1.54, 1.807) is 0 Å². The lowest BCUT2D eigenvalue weighted by molar-refractivity contribution is -0.112. The van der Waals surface area contributed by atoms with Gasteiger partial charge in [-0.3, -0.25) is 0 Å². The van der Waals surface area contributed by atoms with Gasteiger partial charge in [0.15, 0.2) is 5.06 Å². The minimum Gasteiger partial charge on any atom is -0.370 e. The predicted molar refractivity (Wildman–Crippen MR) is 43.4 cm³/mol. The first kappa shape index (κ1) is 8.78.